The Balaban J connectivity index is 2.90. The Labute approximate surface area is 66.2 Å². The molecule has 0 bridgehead atoms. The minimum Gasteiger partial charge on any atom is -0.355 e. The lowest BCUT2D eigenvalue weighted by atomic mass is 10.1. The number of benzene rings is 1. The Morgan fingerprint density at radius 2 is 1.91 bits per heavy atom. The van der Waals surface area contributed by atoms with Crippen LogP contribution < -0.4 is 5.32 Å². The summed E-state index contributed by atoms with van der Waals surface area (Å²) in [5, 5.41) is 2.54. The molecule has 57 valence electrons. The molecule has 11 heavy (non-hydrogen) atoms. The van der Waals surface area contributed by atoms with Crippen molar-refractivity contribution in [3.05, 3.63) is 42.3 Å². The predicted molar refractivity (Wildman–Crippen MR) is 44.3 cm³/mol. The van der Waals surface area contributed by atoms with Gasteiger partial charge in [-0.2, -0.15) is 0 Å². The van der Waals surface area contributed by atoms with E-state index in [1.54, 1.807) is 19.2 Å². The van der Waals surface area contributed by atoms with E-state index in [1.165, 1.54) is 0 Å². The van der Waals surface area contributed by atoms with Gasteiger partial charge in [-0.25, -0.2) is 0 Å². The molecule has 0 saturated carbocycles. The van der Waals surface area contributed by atoms with E-state index in [9.17, 15) is 4.79 Å². The molecule has 2 nitrogen and oxygen atoms in total. The quantitative estimate of drug-likeness (QED) is 0.637. The van der Waals surface area contributed by atoms with Crippen LogP contribution in [0.25, 0.3) is 0 Å². The lowest BCUT2D eigenvalue weighted by molar-refractivity contribution is 0.0963. The van der Waals surface area contributed by atoms with E-state index < -0.39 is 0 Å². The zero-order valence-electron chi connectivity index (χ0n) is 6.42. The van der Waals surface area contributed by atoms with Crippen molar-refractivity contribution >= 4 is 5.91 Å². The minimum absolute atomic E-state index is 0.0648. The molecule has 0 spiro atoms. The van der Waals surface area contributed by atoms with Crippen LogP contribution in [-0.4, -0.2) is 13.0 Å². The van der Waals surface area contributed by atoms with E-state index in [2.05, 4.69) is 12.2 Å². The summed E-state index contributed by atoms with van der Waals surface area (Å²) >= 11 is 0. The lowest BCUT2D eigenvalue weighted by Crippen LogP contribution is -2.17. The van der Waals surface area contributed by atoms with E-state index in [4.69, 9.17) is 0 Å². The van der Waals surface area contributed by atoms with Gasteiger partial charge in [0.2, 0.25) is 0 Å². The highest BCUT2D eigenvalue weighted by molar-refractivity contribution is 5.93. The van der Waals surface area contributed by atoms with E-state index in [1.807, 2.05) is 12.1 Å². The van der Waals surface area contributed by atoms with Crippen LogP contribution in [0.3, 0.4) is 0 Å². The van der Waals surface area contributed by atoms with Crippen molar-refractivity contribution in [2.45, 2.75) is 0 Å². The smallest absolute Gasteiger partial charge is 0.251 e. The van der Waals surface area contributed by atoms with Crippen molar-refractivity contribution in [3.8, 4) is 0 Å². The normalized spacial score (nSPS) is 9.27. The average Bonchev–Trinajstić information content (AvgIpc) is 2.05. The van der Waals surface area contributed by atoms with Crippen molar-refractivity contribution in [2.75, 3.05) is 7.05 Å². The Hall–Kier alpha value is -1.31. The van der Waals surface area contributed by atoms with Crippen molar-refractivity contribution in [1.82, 2.24) is 5.32 Å². The number of rotatable bonds is 1. The zero-order valence-corrected chi connectivity index (χ0v) is 6.42. The third-order valence-electron chi connectivity index (χ3n) is 1.44. The third-order valence-corrected chi connectivity index (χ3v) is 1.44. The molecule has 0 atom stereocenters. The Kier molecular flexibility index (Phi) is 2.26. The maximum Gasteiger partial charge on any atom is 0.251 e. The first-order chi connectivity index (χ1) is 5.24. The number of hydrogen-bond donors (Lipinski definition) is 1. The van der Waals surface area contributed by atoms with Gasteiger partial charge in [-0.1, -0.05) is 12.1 Å². The molecule has 1 radical (unpaired) electrons. The van der Waals surface area contributed by atoms with Gasteiger partial charge >= 0.3 is 0 Å². The molecular formula is C9H10NO. The van der Waals surface area contributed by atoms with Crippen LogP contribution in [0, 0.1) is 6.92 Å². The summed E-state index contributed by atoms with van der Waals surface area (Å²) in [6.45, 7) is 3.72. The molecule has 1 aromatic carbocycles. The second-order valence-corrected chi connectivity index (χ2v) is 2.28. The van der Waals surface area contributed by atoms with Gasteiger partial charge in [0.15, 0.2) is 0 Å². The van der Waals surface area contributed by atoms with Gasteiger partial charge in [0.25, 0.3) is 5.91 Å². The highest BCUT2D eigenvalue weighted by Crippen LogP contribution is 2.01. The first-order valence-electron chi connectivity index (χ1n) is 3.38. The molecule has 1 aromatic rings. The molecule has 1 amide bonds. The van der Waals surface area contributed by atoms with E-state index >= 15 is 0 Å². The molecule has 0 aliphatic carbocycles. The molecule has 2 heteroatoms. The van der Waals surface area contributed by atoms with Crippen LogP contribution in [0.4, 0.5) is 0 Å². The van der Waals surface area contributed by atoms with E-state index in [-0.39, 0.29) is 5.91 Å². The molecule has 0 fully saturated rings. The molecular weight excluding hydrogens is 138 g/mol. The van der Waals surface area contributed by atoms with Crippen LogP contribution in [0.2, 0.25) is 0 Å². The first kappa shape index (κ1) is 7.79. The fourth-order valence-corrected chi connectivity index (χ4v) is 0.800. The summed E-state index contributed by atoms with van der Waals surface area (Å²) in [6, 6.07) is 7.12. The molecule has 0 aromatic heterocycles. The van der Waals surface area contributed by atoms with Gasteiger partial charge < -0.3 is 5.32 Å². The SMILES string of the molecule is [CH2]c1ccc(C(=O)NC)cc1. The molecule has 1 N–H and O–H groups in total. The molecule has 0 unspecified atom stereocenters. The van der Waals surface area contributed by atoms with Crippen molar-refractivity contribution < 1.29 is 4.79 Å². The molecule has 0 aliphatic rings. The van der Waals surface area contributed by atoms with Crippen molar-refractivity contribution in [3.63, 3.8) is 0 Å². The number of carbonyl (C=O) groups is 1. The van der Waals surface area contributed by atoms with E-state index in [0.717, 1.165) is 5.56 Å². The zero-order chi connectivity index (χ0) is 8.27. The molecule has 0 aliphatic heterocycles. The minimum atomic E-state index is -0.0648. The predicted octanol–water partition coefficient (Wildman–Crippen LogP) is 1.23. The Morgan fingerprint density at radius 3 is 2.36 bits per heavy atom. The first-order valence-corrected chi connectivity index (χ1v) is 3.38. The van der Waals surface area contributed by atoms with Gasteiger partial charge in [0.05, 0.1) is 0 Å². The van der Waals surface area contributed by atoms with Crippen LogP contribution in [0.1, 0.15) is 15.9 Å². The van der Waals surface area contributed by atoms with Gasteiger partial charge in [0, 0.05) is 12.6 Å². The lowest BCUT2D eigenvalue weighted by Gasteiger charge is -1.98. The summed E-state index contributed by atoms with van der Waals surface area (Å²) < 4.78 is 0. The van der Waals surface area contributed by atoms with Crippen molar-refractivity contribution in [2.24, 2.45) is 0 Å². The summed E-state index contributed by atoms with van der Waals surface area (Å²) in [7, 11) is 1.61. The largest absolute Gasteiger partial charge is 0.355 e. The number of nitrogens with one attached hydrogen (secondary N) is 1. The summed E-state index contributed by atoms with van der Waals surface area (Å²) in [6.07, 6.45) is 0. The summed E-state index contributed by atoms with van der Waals surface area (Å²) in [5.74, 6) is -0.0648. The highest BCUT2D eigenvalue weighted by atomic mass is 16.1. The molecule has 0 heterocycles. The number of amides is 1. The summed E-state index contributed by atoms with van der Waals surface area (Å²) in [5.41, 5.74) is 1.58. The van der Waals surface area contributed by atoms with Crippen LogP contribution >= 0.6 is 0 Å². The standard InChI is InChI=1S/C9H10NO/c1-7-3-5-8(6-4-7)9(11)10-2/h3-6H,1H2,2H3,(H,10,11). The van der Waals surface area contributed by atoms with E-state index in [0.29, 0.717) is 5.56 Å². The number of hydrogen-bond acceptors (Lipinski definition) is 1. The fraction of sp³-hybridized carbons (Fsp3) is 0.111. The maximum atomic E-state index is 11.0. The fourth-order valence-electron chi connectivity index (χ4n) is 0.800. The maximum absolute atomic E-state index is 11.0. The summed E-state index contributed by atoms with van der Waals surface area (Å²) in [4.78, 5) is 11.0. The molecule has 1 rings (SSSR count). The van der Waals surface area contributed by atoms with Gasteiger partial charge in [-0.3, -0.25) is 4.79 Å². The highest BCUT2D eigenvalue weighted by Gasteiger charge is 1.99. The topological polar surface area (TPSA) is 29.1 Å². The number of carbonyl (C=O) groups excluding carboxylic acids is 1. The van der Waals surface area contributed by atoms with Gasteiger partial charge in [-0.05, 0) is 24.6 Å². The second kappa shape index (κ2) is 3.19. The monoisotopic (exact) mass is 148 g/mol. The Bertz CT molecular complexity index is 251. The van der Waals surface area contributed by atoms with Gasteiger partial charge in [-0.15, -0.1) is 0 Å². The molecule has 0 saturated heterocycles. The third kappa shape index (κ3) is 1.80. The van der Waals surface area contributed by atoms with Crippen LogP contribution in [-0.2, 0) is 0 Å². The Morgan fingerprint density at radius 1 is 1.36 bits per heavy atom. The van der Waals surface area contributed by atoms with Crippen molar-refractivity contribution in [1.29, 1.82) is 0 Å². The average molecular weight is 148 g/mol. The van der Waals surface area contributed by atoms with Crippen LogP contribution in [0.5, 0.6) is 0 Å². The second-order valence-electron chi connectivity index (χ2n) is 2.28. The van der Waals surface area contributed by atoms with Crippen LogP contribution in [0.15, 0.2) is 24.3 Å². The van der Waals surface area contributed by atoms with Gasteiger partial charge in [0.1, 0.15) is 0 Å².